The zero-order valence-electron chi connectivity index (χ0n) is 14.4. The molecule has 1 aliphatic heterocycles. The lowest BCUT2D eigenvalue weighted by Crippen LogP contribution is -2.35. The number of piperidine rings is 1. The molecule has 0 radical (unpaired) electrons. The van der Waals surface area contributed by atoms with Crippen LogP contribution >= 0.6 is 0 Å². The fourth-order valence-corrected chi connectivity index (χ4v) is 3.04. The summed E-state index contributed by atoms with van der Waals surface area (Å²) in [6.45, 7) is 5.82. The number of allylic oxidation sites excluding steroid dienone is 1. The van der Waals surface area contributed by atoms with Crippen molar-refractivity contribution in [2.45, 2.75) is 18.9 Å². The summed E-state index contributed by atoms with van der Waals surface area (Å²) in [5.41, 5.74) is 7.75. The molecular formula is C21H25N3O. The molecular weight excluding hydrogens is 310 g/mol. The fourth-order valence-electron chi connectivity index (χ4n) is 3.04. The minimum atomic E-state index is 0.224. The molecule has 130 valence electrons. The molecule has 2 aromatic rings. The van der Waals surface area contributed by atoms with Gasteiger partial charge in [0.05, 0.1) is 5.69 Å². The van der Waals surface area contributed by atoms with Gasteiger partial charge in [0.1, 0.15) is 11.9 Å². The number of hydrogen-bond donors (Lipinski definition) is 3. The molecule has 4 nitrogen and oxygen atoms in total. The lowest BCUT2D eigenvalue weighted by atomic mass is 10.1. The summed E-state index contributed by atoms with van der Waals surface area (Å²) in [5.74, 6) is 0.842. The number of benzene rings is 2. The summed E-state index contributed by atoms with van der Waals surface area (Å²) >= 11 is 0. The van der Waals surface area contributed by atoms with Crippen molar-refractivity contribution in [3.63, 3.8) is 0 Å². The van der Waals surface area contributed by atoms with Crippen molar-refractivity contribution >= 4 is 23.7 Å². The van der Waals surface area contributed by atoms with Crippen LogP contribution in [-0.4, -0.2) is 19.2 Å². The first-order valence-corrected chi connectivity index (χ1v) is 8.69. The van der Waals surface area contributed by atoms with Crippen LogP contribution in [0, 0.1) is 0 Å². The number of hydrogen-bond acceptors (Lipinski definition) is 4. The van der Waals surface area contributed by atoms with E-state index in [9.17, 15) is 0 Å². The average molecular weight is 335 g/mol. The Kier molecular flexibility index (Phi) is 5.75. The number of anilines is 2. The molecule has 4 N–H and O–H groups in total. The highest BCUT2D eigenvalue weighted by Gasteiger charge is 2.17. The summed E-state index contributed by atoms with van der Waals surface area (Å²) < 4.78 is 6.33. The standard InChI is InChI=1S/C21H25N3O/c1-2-6-19-16(15-22)9-10-20(25-18-11-13-23-14-12-18)21(19)24-17-7-4-3-5-8-17/h2-10,15,18,23-24H,1,11-14,22H2/b16-15-,19-6+. The van der Waals surface area contributed by atoms with E-state index in [0.717, 1.165) is 53.5 Å². The van der Waals surface area contributed by atoms with Gasteiger partial charge in [0, 0.05) is 17.1 Å². The van der Waals surface area contributed by atoms with Crippen molar-refractivity contribution in [2.75, 3.05) is 18.4 Å². The fraction of sp³-hybridized carbons (Fsp3) is 0.238. The first-order chi connectivity index (χ1) is 12.3. The van der Waals surface area contributed by atoms with Gasteiger partial charge in [-0.15, -0.1) is 0 Å². The van der Waals surface area contributed by atoms with Crippen LogP contribution in [0.2, 0.25) is 0 Å². The van der Waals surface area contributed by atoms with Crippen LogP contribution in [0.4, 0.5) is 11.4 Å². The van der Waals surface area contributed by atoms with Crippen LogP contribution < -0.4 is 31.5 Å². The van der Waals surface area contributed by atoms with Gasteiger partial charge in [0.2, 0.25) is 0 Å². The Morgan fingerprint density at radius 1 is 1.12 bits per heavy atom. The SMILES string of the molecule is C=C/C=c1/c(Nc2ccccc2)c(OC2CCNCC2)cc/c1=C/N. The molecule has 0 amide bonds. The Morgan fingerprint density at radius 2 is 1.88 bits per heavy atom. The summed E-state index contributed by atoms with van der Waals surface area (Å²) in [5, 5.41) is 8.78. The normalized spacial score (nSPS) is 16.6. The van der Waals surface area contributed by atoms with Crippen molar-refractivity contribution < 1.29 is 4.74 Å². The van der Waals surface area contributed by atoms with Gasteiger partial charge >= 0.3 is 0 Å². The van der Waals surface area contributed by atoms with Gasteiger partial charge in [-0.3, -0.25) is 0 Å². The van der Waals surface area contributed by atoms with Gasteiger partial charge in [0.15, 0.2) is 0 Å². The molecule has 0 saturated carbocycles. The predicted octanol–water partition coefficient (Wildman–Crippen LogP) is 2.22. The van der Waals surface area contributed by atoms with E-state index in [1.165, 1.54) is 0 Å². The molecule has 4 heteroatoms. The molecule has 2 aromatic carbocycles. The van der Waals surface area contributed by atoms with Gasteiger partial charge in [-0.25, -0.2) is 0 Å². The van der Waals surface area contributed by atoms with E-state index in [2.05, 4.69) is 17.2 Å². The van der Waals surface area contributed by atoms with Gasteiger partial charge < -0.3 is 21.1 Å². The number of para-hydroxylation sites is 1. The summed E-state index contributed by atoms with van der Waals surface area (Å²) in [4.78, 5) is 0. The molecule has 0 spiro atoms. The zero-order chi connectivity index (χ0) is 17.5. The lowest BCUT2D eigenvalue weighted by Gasteiger charge is -2.25. The quantitative estimate of drug-likeness (QED) is 0.784. The van der Waals surface area contributed by atoms with Crippen molar-refractivity contribution in [1.82, 2.24) is 5.32 Å². The van der Waals surface area contributed by atoms with E-state index in [-0.39, 0.29) is 6.10 Å². The Balaban J connectivity index is 2.05. The van der Waals surface area contributed by atoms with E-state index >= 15 is 0 Å². The molecule has 0 aromatic heterocycles. The van der Waals surface area contributed by atoms with E-state index in [0.29, 0.717) is 0 Å². The van der Waals surface area contributed by atoms with E-state index in [4.69, 9.17) is 10.5 Å². The summed E-state index contributed by atoms with van der Waals surface area (Å²) in [7, 11) is 0. The van der Waals surface area contributed by atoms with Crippen molar-refractivity contribution in [3.8, 4) is 5.75 Å². The first-order valence-electron chi connectivity index (χ1n) is 8.69. The van der Waals surface area contributed by atoms with Crippen LogP contribution in [0.1, 0.15) is 12.8 Å². The highest BCUT2D eigenvalue weighted by Crippen LogP contribution is 2.25. The molecule has 1 heterocycles. The third kappa shape index (κ3) is 4.22. The number of nitrogens with one attached hydrogen (secondary N) is 2. The molecule has 25 heavy (non-hydrogen) atoms. The van der Waals surface area contributed by atoms with Gasteiger partial charge in [0.25, 0.3) is 0 Å². The molecule has 1 fully saturated rings. The second-order valence-electron chi connectivity index (χ2n) is 6.07. The van der Waals surface area contributed by atoms with Crippen LogP contribution in [0.25, 0.3) is 12.3 Å². The van der Waals surface area contributed by atoms with Crippen LogP contribution in [0.3, 0.4) is 0 Å². The summed E-state index contributed by atoms with van der Waals surface area (Å²) in [6, 6.07) is 14.1. The van der Waals surface area contributed by atoms with Crippen molar-refractivity contribution in [1.29, 1.82) is 0 Å². The predicted molar refractivity (Wildman–Crippen MR) is 105 cm³/mol. The maximum Gasteiger partial charge on any atom is 0.143 e. The molecule has 1 saturated heterocycles. The molecule has 0 aliphatic carbocycles. The van der Waals surface area contributed by atoms with E-state index in [1.54, 1.807) is 12.3 Å². The van der Waals surface area contributed by atoms with Gasteiger partial charge in [-0.05, 0) is 55.4 Å². The van der Waals surface area contributed by atoms with Crippen molar-refractivity contribution in [2.24, 2.45) is 5.73 Å². The minimum Gasteiger partial charge on any atom is -0.488 e. The zero-order valence-corrected chi connectivity index (χ0v) is 14.4. The van der Waals surface area contributed by atoms with E-state index in [1.807, 2.05) is 48.5 Å². The Labute approximate surface area is 148 Å². The third-order valence-corrected chi connectivity index (χ3v) is 4.33. The van der Waals surface area contributed by atoms with Crippen LogP contribution in [0.5, 0.6) is 5.75 Å². The second-order valence-corrected chi connectivity index (χ2v) is 6.07. The molecule has 0 atom stereocenters. The van der Waals surface area contributed by atoms with Crippen LogP contribution in [0.15, 0.2) is 55.1 Å². The minimum absolute atomic E-state index is 0.224. The average Bonchev–Trinajstić information content (AvgIpc) is 2.66. The van der Waals surface area contributed by atoms with E-state index < -0.39 is 0 Å². The first kappa shape index (κ1) is 17.1. The van der Waals surface area contributed by atoms with Crippen molar-refractivity contribution in [3.05, 3.63) is 65.6 Å². The summed E-state index contributed by atoms with van der Waals surface area (Å²) in [6.07, 6.45) is 7.58. The van der Waals surface area contributed by atoms with Crippen LogP contribution in [-0.2, 0) is 0 Å². The second kappa shape index (κ2) is 8.40. The Bertz CT molecular complexity index is 824. The molecule has 3 rings (SSSR count). The Hall–Kier alpha value is -2.72. The molecule has 0 unspecified atom stereocenters. The number of rotatable bonds is 5. The lowest BCUT2D eigenvalue weighted by molar-refractivity contribution is 0.163. The maximum atomic E-state index is 6.33. The highest BCUT2D eigenvalue weighted by molar-refractivity contribution is 5.69. The maximum absolute atomic E-state index is 6.33. The molecule has 0 bridgehead atoms. The topological polar surface area (TPSA) is 59.3 Å². The largest absolute Gasteiger partial charge is 0.488 e. The monoisotopic (exact) mass is 335 g/mol. The molecule has 1 aliphatic rings. The third-order valence-electron chi connectivity index (χ3n) is 4.33. The highest BCUT2D eigenvalue weighted by atomic mass is 16.5. The van der Waals surface area contributed by atoms with Gasteiger partial charge in [-0.2, -0.15) is 0 Å². The number of ether oxygens (including phenoxy) is 1. The van der Waals surface area contributed by atoms with Gasteiger partial charge in [-0.1, -0.05) is 36.9 Å². The smallest absolute Gasteiger partial charge is 0.143 e. The Morgan fingerprint density at radius 3 is 2.56 bits per heavy atom. The number of nitrogens with two attached hydrogens (primary N) is 1.